The molecule has 28 heavy (non-hydrogen) atoms. The van der Waals surface area contributed by atoms with Gasteiger partial charge < -0.3 is 10.1 Å². The predicted octanol–water partition coefficient (Wildman–Crippen LogP) is 3.72. The van der Waals surface area contributed by atoms with Crippen LogP contribution in [0.3, 0.4) is 0 Å². The van der Waals surface area contributed by atoms with Crippen molar-refractivity contribution in [3.8, 4) is 11.4 Å². The van der Waals surface area contributed by atoms with Gasteiger partial charge in [0.2, 0.25) is 0 Å². The Bertz CT molecular complexity index is 978. The van der Waals surface area contributed by atoms with E-state index in [2.05, 4.69) is 29.2 Å². The van der Waals surface area contributed by atoms with Crippen molar-refractivity contribution in [1.29, 1.82) is 0 Å². The first-order chi connectivity index (χ1) is 13.5. The summed E-state index contributed by atoms with van der Waals surface area (Å²) < 4.78 is 7.23. The molecule has 0 saturated carbocycles. The Morgan fingerprint density at radius 3 is 2.57 bits per heavy atom. The first kappa shape index (κ1) is 18.2. The number of fused-ring (bicyclic) bond motifs is 1. The van der Waals surface area contributed by atoms with E-state index in [1.165, 1.54) is 0 Å². The van der Waals surface area contributed by atoms with Crippen molar-refractivity contribution in [2.75, 3.05) is 7.11 Å². The van der Waals surface area contributed by atoms with Gasteiger partial charge in [0.1, 0.15) is 5.75 Å². The zero-order valence-corrected chi connectivity index (χ0v) is 16.3. The normalized spacial score (nSPS) is 17.6. The second-order valence-electron chi connectivity index (χ2n) is 7.96. The first-order valence-electron chi connectivity index (χ1n) is 9.39. The van der Waals surface area contributed by atoms with E-state index in [9.17, 15) is 4.79 Å². The highest BCUT2D eigenvalue weighted by atomic mass is 16.5. The Morgan fingerprint density at radius 1 is 1.18 bits per heavy atom. The molecule has 1 N–H and O–H groups in total. The molecular weight excluding hydrogens is 352 g/mol. The number of methoxy groups -OCH3 is 1. The smallest absolute Gasteiger partial charge is 0.251 e. The fraction of sp³-hybridized carbons (Fsp3) is 0.318. The number of benzene rings is 1. The van der Waals surface area contributed by atoms with Crippen LogP contribution in [0.2, 0.25) is 0 Å². The molecule has 0 unspecified atom stereocenters. The zero-order chi connectivity index (χ0) is 19.7. The van der Waals surface area contributed by atoms with Crippen LogP contribution in [0.4, 0.5) is 0 Å². The molecule has 4 rings (SSSR count). The van der Waals surface area contributed by atoms with Crippen molar-refractivity contribution in [3.05, 3.63) is 71.8 Å². The molecule has 0 aliphatic heterocycles. The second-order valence-corrected chi connectivity index (χ2v) is 7.96. The number of hydrogen-bond acceptors (Lipinski definition) is 4. The van der Waals surface area contributed by atoms with Gasteiger partial charge in [-0.15, -0.1) is 0 Å². The molecule has 3 aromatic rings. The minimum atomic E-state index is -0.0896. The number of amides is 1. The molecule has 1 atom stereocenters. The van der Waals surface area contributed by atoms with Crippen molar-refractivity contribution in [2.45, 2.75) is 32.7 Å². The molecule has 1 aromatic carbocycles. The number of rotatable bonds is 4. The van der Waals surface area contributed by atoms with Crippen LogP contribution >= 0.6 is 0 Å². The largest absolute Gasteiger partial charge is 0.497 e. The molecule has 0 spiro atoms. The number of nitrogens with one attached hydrogen (secondary N) is 1. The molecule has 0 fully saturated rings. The Morgan fingerprint density at radius 2 is 1.89 bits per heavy atom. The molecule has 6 heteroatoms. The van der Waals surface area contributed by atoms with Crippen LogP contribution in [0, 0.1) is 5.41 Å². The van der Waals surface area contributed by atoms with Crippen LogP contribution in [-0.4, -0.2) is 27.8 Å². The third-order valence-corrected chi connectivity index (χ3v) is 5.24. The van der Waals surface area contributed by atoms with Gasteiger partial charge in [0.05, 0.1) is 30.7 Å². The summed E-state index contributed by atoms with van der Waals surface area (Å²) in [5, 5.41) is 7.82. The van der Waals surface area contributed by atoms with Crippen LogP contribution < -0.4 is 10.1 Å². The van der Waals surface area contributed by atoms with Gasteiger partial charge in [-0.05, 0) is 54.7 Å². The maximum absolute atomic E-state index is 12.7. The number of carbonyl (C=O) groups is 1. The van der Waals surface area contributed by atoms with Crippen molar-refractivity contribution in [1.82, 2.24) is 20.1 Å². The lowest BCUT2D eigenvalue weighted by Crippen LogP contribution is -2.36. The Hall–Kier alpha value is -3.15. The molecule has 0 radical (unpaired) electrons. The summed E-state index contributed by atoms with van der Waals surface area (Å²) in [6, 6.07) is 11.2. The third kappa shape index (κ3) is 3.50. The lowest BCUT2D eigenvalue weighted by molar-refractivity contribution is 0.0919. The van der Waals surface area contributed by atoms with E-state index in [0.717, 1.165) is 35.5 Å². The molecule has 0 saturated heterocycles. The molecule has 1 aliphatic rings. The van der Waals surface area contributed by atoms with Gasteiger partial charge in [0, 0.05) is 23.5 Å². The van der Waals surface area contributed by atoms with Crippen LogP contribution in [0.5, 0.6) is 5.75 Å². The highest BCUT2D eigenvalue weighted by Crippen LogP contribution is 2.41. The summed E-state index contributed by atoms with van der Waals surface area (Å²) in [7, 11) is 1.66. The number of aromatic nitrogens is 3. The predicted molar refractivity (Wildman–Crippen MR) is 107 cm³/mol. The van der Waals surface area contributed by atoms with Crippen LogP contribution in [0.15, 0.2) is 55.0 Å². The Labute approximate surface area is 164 Å². The van der Waals surface area contributed by atoms with Crippen molar-refractivity contribution in [2.24, 2.45) is 5.41 Å². The monoisotopic (exact) mass is 376 g/mol. The molecule has 1 aliphatic carbocycles. The maximum Gasteiger partial charge on any atom is 0.251 e. The first-order valence-corrected chi connectivity index (χ1v) is 9.39. The number of ether oxygens (including phenoxy) is 1. The average molecular weight is 376 g/mol. The van der Waals surface area contributed by atoms with Crippen molar-refractivity contribution < 1.29 is 9.53 Å². The van der Waals surface area contributed by atoms with Gasteiger partial charge >= 0.3 is 0 Å². The fourth-order valence-electron chi connectivity index (χ4n) is 3.86. The van der Waals surface area contributed by atoms with Crippen LogP contribution in [0.1, 0.15) is 47.9 Å². The standard InChI is InChI=1S/C22H24N4O2/c1-22(2)12-19(25-21(27)15-8-10-23-11-9-15)18-14-24-26(20(18)13-22)16-4-6-17(28-3)7-5-16/h4-11,14,19H,12-13H2,1-3H3,(H,25,27)/t19-/m0/s1. The number of nitrogens with zero attached hydrogens (tertiary/aromatic N) is 3. The van der Waals surface area contributed by atoms with Gasteiger partial charge in [-0.25, -0.2) is 4.68 Å². The highest BCUT2D eigenvalue weighted by molar-refractivity contribution is 5.94. The number of carbonyl (C=O) groups excluding carboxylic acids is 1. The number of pyridine rings is 1. The summed E-state index contributed by atoms with van der Waals surface area (Å²) in [6.07, 6.45) is 6.91. The highest BCUT2D eigenvalue weighted by Gasteiger charge is 2.36. The zero-order valence-electron chi connectivity index (χ0n) is 16.3. The molecule has 144 valence electrons. The third-order valence-electron chi connectivity index (χ3n) is 5.24. The minimum absolute atomic E-state index is 0.0491. The Balaban J connectivity index is 1.67. The van der Waals surface area contributed by atoms with Gasteiger partial charge in [-0.3, -0.25) is 9.78 Å². The fourth-order valence-corrected chi connectivity index (χ4v) is 3.86. The Kier molecular flexibility index (Phi) is 4.63. The lowest BCUT2D eigenvalue weighted by atomic mass is 9.74. The molecule has 1 amide bonds. The molecular formula is C22H24N4O2. The van der Waals surface area contributed by atoms with E-state index in [1.54, 1.807) is 31.6 Å². The summed E-state index contributed by atoms with van der Waals surface area (Å²) in [5.41, 5.74) is 3.87. The maximum atomic E-state index is 12.7. The van der Waals surface area contributed by atoms with Crippen molar-refractivity contribution >= 4 is 5.91 Å². The lowest BCUT2D eigenvalue weighted by Gasteiger charge is -2.36. The summed E-state index contributed by atoms with van der Waals surface area (Å²) in [4.78, 5) is 16.7. The molecule has 0 bridgehead atoms. The van der Waals surface area contributed by atoms with Crippen molar-refractivity contribution in [3.63, 3.8) is 0 Å². The van der Waals surface area contributed by atoms with Gasteiger partial charge in [0.15, 0.2) is 0 Å². The average Bonchev–Trinajstić information content (AvgIpc) is 3.11. The quantitative estimate of drug-likeness (QED) is 0.753. The topological polar surface area (TPSA) is 69.0 Å². The summed E-state index contributed by atoms with van der Waals surface area (Å²) in [6.45, 7) is 4.46. The molecule has 2 heterocycles. The van der Waals surface area contributed by atoms with E-state index in [4.69, 9.17) is 4.74 Å². The van der Waals surface area contributed by atoms with Gasteiger partial charge in [-0.1, -0.05) is 13.8 Å². The minimum Gasteiger partial charge on any atom is -0.497 e. The molecule has 2 aromatic heterocycles. The summed E-state index contributed by atoms with van der Waals surface area (Å²) >= 11 is 0. The van der Waals surface area contributed by atoms with E-state index in [-0.39, 0.29) is 17.4 Å². The van der Waals surface area contributed by atoms with E-state index < -0.39 is 0 Å². The summed E-state index contributed by atoms with van der Waals surface area (Å²) in [5.74, 6) is 0.723. The van der Waals surface area contributed by atoms with E-state index in [1.807, 2.05) is 35.1 Å². The van der Waals surface area contributed by atoms with Gasteiger partial charge in [-0.2, -0.15) is 5.10 Å². The van der Waals surface area contributed by atoms with Gasteiger partial charge in [0.25, 0.3) is 5.91 Å². The van der Waals surface area contributed by atoms with Crippen LogP contribution in [0.25, 0.3) is 5.69 Å². The SMILES string of the molecule is COc1ccc(-n2ncc3c2CC(C)(C)C[C@@H]3NC(=O)c2ccncc2)cc1. The number of hydrogen-bond donors (Lipinski definition) is 1. The van der Waals surface area contributed by atoms with Crippen LogP contribution in [-0.2, 0) is 6.42 Å². The second kappa shape index (κ2) is 7.11. The van der Waals surface area contributed by atoms with E-state index in [0.29, 0.717) is 5.56 Å². The molecule has 6 nitrogen and oxygen atoms in total. The van der Waals surface area contributed by atoms with E-state index >= 15 is 0 Å².